The van der Waals surface area contributed by atoms with Crippen molar-refractivity contribution in [3.63, 3.8) is 0 Å². The van der Waals surface area contributed by atoms with Crippen molar-refractivity contribution in [1.29, 1.82) is 0 Å². The van der Waals surface area contributed by atoms with Crippen molar-refractivity contribution in [2.24, 2.45) is 0 Å². The second-order valence-corrected chi connectivity index (χ2v) is 5.84. The molecule has 0 atom stereocenters. The Bertz CT molecular complexity index is 680. The van der Waals surface area contributed by atoms with Crippen LogP contribution in [0.3, 0.4) is 0 Å². The van der Waals surface area contributed by atoms with Crippen LogP contribution in [-0.4, -0.2) is 22.2 Å². The Morgan fingerprint density at radius 1 is 1.43 bits per heavy atom. The molecule has 2 aromatic rings. The van der Waals surface area contributed by atoms with E-state index < -0.39 is 0 Å². The van der Waals surface area contributed by atoms with Crippen LogP contribution in [0.15, 0.2) is 24.3 Å². The Hall–Kier alpha value is -1.41. The maximum Gasteiger partial charge on any atom is 0.256 e. The number of hydrogen-bond donors (Lipinski definition) is 2. The number of anilines is 1. The molecule has 0 radical (unpaired) electrons. The van der Waals surface area contributed by atoms with E-state index in [4.69, 9.17) is 0 Å². The van der Waals surface area contributed by atoms with E-state index >= 15 is 0 Å². The molecule has 6 heteroatoms. The second kappa shape index (κ2) is 6.15. The van der Waals surface area contributed by atoms with Crippen LogP contribution in [0.4, 0.5) is 5.82 Å². The maximum atomic E-state index is 12.3. The average molecular weight is 396 g/mol. The zero-order valence-electron chi connectivity index (χ0n) is 11.8. The van der Waals surface area contributed by atoms with E-state index in [9.17, 15) is 4.79 Å². The molecule has 1 aromatic carbocycles. The Balaban J connectivity index is 1.78. The number of amides is 1. The van der Waals surface area contributed by atoms with Crippen LogP contribution in [0.1, 0.15) is 27.2 Å². The predicted octanol–water partition coefficient (Wildman–Crippen LogP) is 2.48. The molecule has 1 aromatic heterocycles. The van der Waals surface area contributed by atoms with Gasteiger partial charge >= 0.3 is 0 Å². The summed E-state index contributed by atoms with van der Waals surface area (Å²) in [6, 6.07) is 7.79. The van der Waals surface area contributed by atoms with Gasteiger partial charge in [0.25, 0.3) is 5.91 Å². The number of aromatic nitrogens is 2. The zero-order valence-corrected chi connectivity index (χ0v) is 14.0. The van der Waals surface area contributed by atoms with Crippen molar-refractivity contribution in [2.75, 3.05) is 11.9 Å². The van der Waals surface area contributed by atoms with Crippen molar-refractivity contribution in [3.05, 3.63) is 46.6 Å². The van der Waals surface area contributed by atoms with Crippen molar-refractivity contribution < 1.29 is 4.79 Å². The fraction of sp³-hybridized carbons (Fsp3) is 0.333. The van der Waals surface area contributed by atoms with Gasteiger partial charge in [0.2, 0.25) is 0 Å². The van der Waals surface area contributed by atoms with Crippen molar-refractivity contribution >= 4 is 34.3 Å². The number of nitrogens with one attached hydrogen (secondary N) is 2. The van der Waals surface area contributed by atoms with E-state index in [-0.39, 0.29) is 5.91 Å². The monoisotopic (exact) mass is 396 g/mol. The maximum absolute atomic E-state index is 12.3. The molecule has 0 unspecified atom stereocenters. The van der Waals surface area contributed by atoms with Crippen molar-refractivity contribution in [3.8, 4) is 0 Å². The molecule has 0 spiro atoms. The molecule has 1 aliphatic rings. The first-order valence-corrected chi connectivity index (χ1v) is 8.44. The first-order valence-electron chi connectivity index (χ1n) is 6.91. The first kappa shape index (κ1) is 14.5. The van der Waals surface area contributed by atoms with Crippen LogP contribution in [0, 0.1) is 6.92 Å². The first-order chi connectivity index (χ1) is 10.2. The molecule has 2 heterocycles. The third-order valence-electron chi connectivity index (χ3n) is 3.69. The van der Waals surface area contributed by atoms with E-state index in [1.54, 1.807) is 0 Å². The molecule has 21 heavy (non-hydrogen) atoms. The Kier molecular flexibility index (Phi) is 4.25. The van der Waals surface area contributed by atoms with E-state index in [1.165, 1.54) is 11.1 Å². The Morgan fingerprint density at radius 2 is 2.29 bits per heavy atom. The Labute approximate surface area is 137 Å². The number of benzene rings is 1. The largest absolute Gasteiger partial charge is 0.312 e. The minimum absolute atomic E-state index is 0.102. The highest BCUT2D eigenvalue weighted by Gasteiger charge is 2.14. The summed E-state index contributed by atoms with van der Waals surface area (Å²) in [4.78, 5) is 12.3. The zero-order chi connectivity index (χ0) is 14.8. The number of carbonyl (C=O) groups is 1. The summed E-state index contributed by atoms with van der Waals surface area (Å²) in [5.41, 5.74) is 4.27. The summed E-state index contributed by atoms with van der Waals surface area (Å²) in [5.74, 6) is 0.503. The number of halogens is 1. The lowest BCUT2D eigenvalue weighted by Gasteiger charge is -2.17. The summed E-state index contributed by atoms with van der Waals surface area (Å²) >= 11 is 2.24. The minimum Gasteiger partial charge on any atom is -0.312 e. The summed E-state index contributed by atoms with van der Waals surface area (Å²) in [6.07, 6.45) is 0.971. The van der Waals surface area contributed by atoms with Crippen LogP contribution in [0.5, 0.6) is 0 Å². The van der Waals surface area contributed by atoms with Gasteiger partial charge in [-0.25, -0.2) is 0 Å². The molecular formula is C15H17IN4O. The van der Waals surface area contributed by atoms with Gasteiger partial charge in [-0.2, -0.15) is 5.10 Å². The van der Waals surface area contributed by atoms with E-state index in [1.807, 2.05) is 35.9 Å². The van der Waals surface area contributed by atoms with Gasteiger partial charge in [0.05, 0.1) is 4.55 Å². The average Bonchev–Trinajstić information content (AvgIpc) is 2.86. The molecule has 0 bridgehead atoms. The highest BCUT2D eigenvalue weighted by molar-refractivity contribution is 14.1. The molecular weight excluding hydrogens is 379 g/mol. The molecule has 2 N–H and O–H groups in total. The molecule has 0 fully saturated rings. The molecule has 1 amide bonds. The van der Waals surface area contributed by atoms with Gasteiger partial charge in [-0.1, -0.05) is 28.7 Å². The van der Waals surface area contributed by atoms with E-state index in [0.717, 1.165) is 29.8 Å². The lowest BCUT2D eigenvalue weighted by Crippen LogP contribution is -2.24. The number of nitrogens with zero attached hydrogens (tertiary/aromatic N) is 2. The fourth-order valence-electron chi connectivity index (χ4n) is 2.50. The van der Waals surface area contributed by atoms with Crippen molar-refractivity contribution in [2.45, 2.75) is 24.4 Å². The van der Waals surface area contributed by atoms with E-state index in [2.05, 4.69) is 38.3 Å². The molecule has 0 saturated carbocycles. The molecule has 110 valence electrons. The van der Waals surface area contributed by atoms with Gasteiger partial charge < -0.3 is 10.6 Å². The second-order valence-electron chi connectivity index (χ2n) is 5.15. The highest BCUT2D eigenvalue weighted by Crippen LogP contribution is 2.17. The van der Waals surface area contributed by atoms with Gasteiger partial charge in [0, 0.05) is 23.9 Å². The predicted molar refractivity (Wildman–Crippen MR) is 90.8 cm³/mol. The quantitative estimate of drug-likeness (QED) is 0.619. The van der Waals surface area contributed by atoms with Crippen LogP contribution < -0.4 is 10.6 Å². The SMILES string of the molecule is Cc1cc(NC(=O)c2ccc3c(c2)CCNC3)nn1CI. The van der Waals surface area contributed by atoms with E-state index in [0.29, 0.717) is 11.4 Å². The van der Waals surface area contributed by atoms with Gasteiger partial charge in [-0.15, -0.1) is 0 Å². The standard InChI is InChI=1S/C15H17IN4O/c1-10-6-14(19-20(10)9-16)18-15(21)12-2-3-13-8-17-5-4-11(13)7-12/h2-3,6-7,17H,4-5,8-9H2,1H3,(H,18,19,21). The van der Waals surface area contributed by atoms with Gasteiger partial charge in [-0.3, -0.25) is 9.48 Å². The number of carbonyl (C=O) groups excluding carboxylic acids is 1. The molecule has 0 saturated heterocycles. The number of alkyl halides is 1. The van der Waals surface area contributed by atoms with Gasteiger partial charge in [0.15, 0.2) is 5.82 Å². The lowest BCUT2D eigenvalue weighted by atomic mass is 9.98. The van der Waals surface area contributed by atoms with Crippen LogP contribution in [0.25, 0.3) is 0 Å². The lowest BCUT2D eigenvalue weighted by molar-refractivity contribution is 0.102. The summed E-state index contributed by atoms with van der Waals surface area (Å²) in [5, 5.41) is 10.6. The van der Waals surface area contributed by atoms with Crippen LogP contribution in [0.2, 0.25) is 0 Å². The third-order valence-corrected chi connectivity index (χ3v) is 4.34. The normalized spacial score (nSPS) is 13.8. The van der Waals surface area contributed by atoms with Crippen LogP contribution in [-0.2, 0) is 17.5 Å². The Morgan fingerprint density at radius 3 is 3.05 bits per heavy atom. The minimum atomic E-state index is -0.102. The number of fused-ring (bicyclic) bond motifs is 1. The van der Waals surface area contributed by atoms with Gasteiger partial charge in [0.1, 0.15) is 0 Å². The summed E-state index contributed by atoms with van der Waals surface area (Å²) < 4.78 is 2.63. The molecule has 3 rings (SSSR count). The number of rotatable bonds is 3. The molecule has 0 aliphatic carbocycles. The molecule has 5 nitrogen and oxygen atoms in total. The topological polar surface area (TPSA) is 59.0 Å². The van der Waals surface area contributed by atoms with Crippen LogP contribution >= 0.6 is 22.6 Å². The molecule has 1 aliphatic heterocycles. The summed E-state index contributed by atoms with van der Waals surface area (Å²) in [7, 11) is 0. The smallest absolute Gasteiger partial charge is 0.256 e. The number of aryl methyl sites for hydroxylation is 1. The summed E-state index contributed by atoms with van der Waals surface area (Å²) in [6.45, 7) is 3.83. The number of hydrogen-bond acceptors (Lipinski definition) is 3. The van der Waals surface area contributed by atoms with Gasteiger partial charge in [-0.05, 0) is 43.1 Å². The fourth-order valence-corrected chi connectivity index (χ4v) is 3.19. The third kappa shape index (κ3) is 3.11. The highest BCUT2D eigenvalue weighted by atomic mass is 127. The van der Waals surface area contributed by atoms with Crippen molar-refractivity contribution in [1.82, 2.24) is 15.1 Å².